The van der Waals surface area contributed by atoms with Gasteiger partial charge in [-0.1, -0.05) is 12.8 Å². The van der Waals surface area contributed by atoms with Gasteiger partial charge in [0.15, 0.2) is 0 Å². The summed E-state index contributed by atoms with van der Waals surface area (Å²) in [5.41, 5.74) is 5.81. The molecule has 84 valence electrons. The molecule has 2 rings (SSSR count). The third kappa shape index (κ3) is 2.81. The Kier molecular flexibility index (Phi) is 3.41. The Balaban J connectivity index is 1.97. The highest BCUT2D eigenvalue weighted by Crippen LogP contribution is 2.26. The second kappa shape index (κ2) is 4.79. The van der Waals surface area contributed by atoms with Crippen molar-refractivity contribution >= 4 is 0 Å². The van der Waals surface area contributed by atoms with Crippen LogP contribution in [0.2, 0.25) is 0 Å². The third-order valence-electron chi connectivity index (χ3n) is 3.24. The maximum Gasteiger partial charge on any atom is 0.110 e. The highest BCUT2D eigenvalue weighted by molar-refractivity contribution is 4.95. The first kappa shape index (κ1) is 10.7. The van der Waals surface area contributed by atoms with Crippen molar-refractivity contribution in [3.8, 4) is 0 Å². The first-order valence-corrected chi connectivity index (χ1v) is 6.01. The lowest BCUT2D eigenvalue weighted by atomic mass is 10.1. The molecule has 3 nitrogen and oxygen atoms in total. The minimum Gasteiger partial charge on any atom is -0.335 e. The second-order valence-electron chi connectivity index (χ2n) is 4.83. The summed E-state index contributed by atoms with van der Waals surface area (Å²) in [6, 6.07) is 0.203. The molecule has 1 aliphatic carbocycles. The predicted octanol–water partition coefficient (Wildman–Crippen LogP) is 1.96. The van der Waals surface area contributed by atoms with Crippen LogP contribution in [0, 0.1) is 5.92 Å². The molecule has 0 bridgehead atoms. The van der Waals surface area contributed by atoms with E-state index in [4.69, 9.17) is 5.73 Å². The first-order chi connectivity index (χ1) is 7.25. The zero-order chi connectivity index (χ0) is 10.7. The molecule has 1 atom stereocenters. The van der Waals surface area contributed by atoms with Crippen LogP contribution in [0.25, 0.3) is 0 Å². The second-order valence-corrected chi connectivity index (χ2v) is 4.83. The van der Waals surface area contributed by atoms with E-state index in [0.29, 0.717) is 0 Å². The molecular weight excluding hydrogens is 186 g/mol. The van der Waals surface area contributed by atoms with Gasteiger partial charge in [0.05, 0.1) is 0 Å². The Labute approximate surface area is 91.7 Å². The summed E-state index contributed by atoms with van der Waals surface area (Å²) in [5.74, 6) is 2.02. The molecule has 0 aromatic carbocycles. The molecule has 1 aliphatic rings. The number of hydrogen-bond donors (Lipinski definition) is 1. The van der Waals surface area contributed by atoms with Gasteiger partial charge in [-0.2, -0.15) is 0 Å². The van der Waals surface area contributed by atoms with E-state index in [-0.39, 0.29) is 6.04 Å². The van der Waals surface area contributed by atoms with Gasteiger partial charge in [-0.15, -0.1) is 0 Å². The molecule has 0 aliphatic heterocycles. The van der Waals surface area contributed by atoms with E-state index < -0.39 is 0 Å². The maximum absolute atomic E-state index is 5.81. The van der Waals surface area contributed by atoms with E-state index in [1.165, 1.54) is 25.7 Å². The van der Waals surface area contributed by atoms with Crippen LogP contribution >= 0.6 is 0 Å². The van der Waals surface area contributed by atoms with Crippen LogP contribution in [0.4, 0.5) is 0 Å². The summed E-state index contributed by atoms with van der Waals surface area (Å²) in [4.78, 5) is 4.38. The minimum atomic E-state index is 0.203. The molecule has 1 saturated carbocycles. The van der Waals surface area contributed by atoms with Crippen molar-refractivity contribution < 1.29 is 0 Å². The molecule has 3 heteroatoms. The van der Waals surface area contributed by atoms with Crippen molar-refractivity contribution in [2.24, 2.45) is 11.7 Å². The lowest BCUT2D eigenvalue weighted by Crippen LogP contribution is -2.21. The Hall–Kier alpha value is -0.830. The van der Waals surface area contributed by atoms with Crippen molar-refractivity contribution in [1.29, 1.82) is 0 Å². The highest BCUT2D eigenvalue weighted by atomic mass is 15.1. The van der Waals surface area contributed by atoms with Gasteiger partial charge >= 0.3 is 0 Å². The van der Waals surface area contributed by atoms with Crippen molar-refractivity contribution in [2.75, 3.05) is 0 Å². The Morgan fingerprint density at radius 3 is 2.93 bits per heavy atom. The lowest BCUT2D eigenvalue weighted by molar-refractivity contribution is 0.443. The number of imidazole rings is 1. The summed E-state index contributed by atoms with van der Waals surface area (Å²) in [7, 11) is 0. The Morgan fingerprint density at radius 1 is 1.53 bits per heavy atom. The standard InChI is InChI=1S/C12H21N3/c1-10(13)8-12-14-6-7-15(12)9-11-4-2-3-5-11/h6-7,10-11H,2-5,8-9,13H2,1H3. The highest BCUT2D eigenvalue weighted by Gasteiger charge is 2.16. The van der Waals surface area contributed by atoms with Crippen LogP contribution in [-0.2, 0) is 13.0 Å². The Bertz CT molecular complexity index is 298. The minimum absolute atomic E-state index is 0.203. The molecule has 1 unspecified atom stereocenters. The molecule has 1 heterocycles. The van der Waals surface area contributed by atoms with Crippen LogP contribution in [0.5, 0.6) is 0 Å². The van der Waals surface area contributed by atoms with Crippen molar-refractivity contribution in [3.05, 3.63) is 18.2 Å². The van der Waals surface area contributed by atoms with Gasteiger partial charge < -0.3 is 10.3 Å². The quantitative estimate of drug-likeness (QED) is 0.820. The van der Waals surface area contributed by atoms with E-state index in [1.54, 1.807) is 0 Å². The van der Waals surface area contributed by atoms with Gasteiger partial charge in [-0.25, -0.2) is 4.98 Å². The molecule has 0 spiro atoms. The zero-order valence-corrected chi connectivity index (χ0v) is 9.52. The fraction of sp³-hybridized carbons (Fsp3) is 0.750. The molecule has 15 heavy (non-hydrogen) atoms. The first-order valence-electron chi connectivity index (χ1n) is 6.01. The van der Waals surface area contributed by atoms with E-state index in [9.17, 15) is 0 Å². The van der Waals surface area contributed by atoms with Gasteiger partial charge in [-0.05, 0) is 25.7 Å². The topological polar surface area (TPSA) is 43.8 Å². The van der Waals surface area contributed by atoms with Gasteiger partial charge in [0, 0.05) is 31.4 Å². The van der Waals surface area contributed by atoms with Crippen molar-refractivity contribution in [2.45, 2.75) is 51.6 Å². The number of nitrogens with zero attached hydrogens (tertiary/aromatic N) is 2. The third-order valence-corrected chi connectivity index (χ3v) is 3.24. The van der Waals surface area contributed by atoms with E-state index in [2.05, 4.69) is 15.7 Å². The van der Waals surface area contributed by atoms with E-state index in [0.717, 1.165) is 24.7 Å². The summed E-state index contributed by atoms with van der Waals surface area (Å²) in [6.07, 6.45) is 10.5. The molecule has 1 fully saturated rings. The van der Waals surface area contributed by atoms with E-state index >= 15 is 0 Å². The number of rotatable bonds is 4. The SMILES string of the molecule is CC(N)Cc1nccn1CC1CCCC1. The van der Waals surface area contributed by atoms with Crippen LogP contribution < -0.4 is 5.73 Å². The summed E-state index contributed by atoms with van der Waals surface area (Å²) >= 11 is 0. The lowest BCUT2D eigenvalue weighted by Gasteiger charge is -2.13. The molecule has 0 amide bonds. The number of aromatic nitrogens is 2. The van der Waals surface area contributed by atoms with Gasteiger partial charge in [0.25, 0.3) is 0 Å². The fourth-order valence-electron chi connectivity index (χ4n) is 2.46. The van der Waals surface area contributed by atoms with Gasteiger partial charge in [0.1, 0.15) is 5.82 Å². The zero-order valence-electron chi connectivity index (χ0n) is 9.52. The molecule has 0 radical (unpaired) electrons. The van der Waals surface area contributed by atoms with Gasteiger partial charge in [0.2, 0.25) is 0 Å². The average molecular weight is 207 g/mol. The molecule has 1 aromatic rings. The maximum atomic E-state index is 5.81. The summed E-state index contributed by atoms with van der Waals surface area (Å²) < 4.78 is 2.29. The summed E-state index contributed by atoms with van der Waals surface area (Å²) in [5, 5.41) is 0. The fourth-order valence-corrected chi connectivity index (χ4v) is 2.46. The monoisotopic (exact) mass is 207 g/mol. The normalized spacial score (nSPS) is 19.6. The number of hydrogen-bond acceptors (Lipinski definition) is 2. The predicted molar refractivity (Wildman–Crippen MR) is 61.5 cm³/mol. The Morgan fingerprint density at radius 2 is 2.27 bits per heavy atom. The molecule has 2 N–H and O–H groups in total. The van der Waals surface area contributed by atoms with Crippen LogP contribution in [0.1, 0.15) is 38.4 Å². The van der Waals surface area contributed by atoms with Crippen molar-refractivity contribution in [1.82, 2.24) is 9.55 Å². The number of nitrogens with two attached hydrogens (primary N) is 1. The molecular formula is C12H21N3. The largest absolute Gasteiger partial charge is 0.335 e. The smallest absolute Gasteiger partial charge is 0.110 e. The summed E-state index contributed by atoms with van der Waals surface area (Å²) in [6.45, 7) is 3.18. The molecule has 1 aromatic heterocycles. The van der Waals surface area contributed by atoms with Crippen LogP contribution in [0.3, 0.4) is 0 Å². The van der Waals surface area contributed by atoms with Crippen molar-refractivity contribution in [3.63, 3.8) is 0 Å². The molecule has 0 saturated heterocycles. The van der Waals surface area contributed by atoms with Crippen LogP contribution in [0.15, 0.2) is 12.4 Å². The van der Waals surface area contributed by atoms with Crippen LogP contribution in [-0.4, -0.2) is 15.6 Å². The average Bonchev–Trinajstić information content (AvgIpc) is 2.78. The van der Waals surface area contributed by atoms with E-state index in [1.807, 2.05) is 13.1 Å². The van der Waals surface area contributed by atoms with Gasteiger partial charge in [-0.3, -0.25) is 0 Å².